The molecule has 0 aliphatic carbocycles. The molecule has 6 nitrogen and oxygen atoms in total. The Morgan fingerprint density at radius 3 is 2.60 bits per heavy atom. The van der Waals surface area contributed by atoms with Crippen LogP contribution in [0.3, 0.4) is 0 Å². The molecule has 3 aromatic rings. The number of likely N-dealkylation sites (tertiary alicyclic amines) is 2. The van der Waals surface area contributed by atoms with Crippen LogP contribution >= 0.6 is 22.9 Å². The minimum Gasteiger partial charge on any atom is -0.485 e. The number of aryl methyl sites for hydroxylation is 1. The molecule has 5 rings (SSSR count). The molecule has 0 N–H and O–H groups in total. The zero-order valence-corrected chi connectivity index (χ0v) is 21.5. The van der Waals surface area contributed by atoms with Crippen molar-refractivity contribution in [3.63, 3.8) is 0 Å². The molecule has 1 aromatic carbocycles. The summed E-state index contributed by atoms with van der Waals surface area (Å²) in [6.45, 7) is 7.14. The predicted octanol–water partition coefficient (Wildman–Crippen LogP) is 5.38. The van der Waals surface area contributed by atoms with Crippen molar-refractivity contribution in [3.8, 4) is 16.9 Å². The Morgan fingerprint density at radius 1 is 1.17 bits per heavy atom. The lowest BCUT2D eigenvalue weighted by atomic mass is 10.0. The van der Waals surface area contributed by atoms with Crippen molar-refractivity contribution in [2.75, 3.05) is 13.1 Å². The molecule has 2 aromatic heterocycles. The first-order chi connectivity index (χ1) is 16.7. The van der Waals surface area contributed by atoms with E-state index in [4.69, 9.17) is 16.3 Å². The number of nitrogens with zero attached hydrogens (tertiary/aromatic N) is 3. The maximum atomic E-state index is 14.9. The normalized spacial score (nSPS) is 21.1. The second-order valence-corrected chi connectivity index (χ2v) is 11.1. The Kier molecular flexibility index (Phi) is 6.55. The van der Waals surface area contributed by atoms with Crippen LogP contribution in [-0.4, -0.2) is 58.0 Å². The highest BCUT2D eigenvalue weighted by Gasteiger charge is 2.36. The Balaban J connectivity index is 1.52. The van der Waals surface area contributed by atoms with Crippen LogP contribution in [0.5, 0.6) is 5.75 Å². The molecule has 0 unspecified atom stereocenters. The highest BCUT2D eigenvalue weighted by molar-refractivity contribution is 7.19. The lowest BCUT2D eigenvalue weighted by molar-refractivity contribution is -0.138. The summed E-state index contributed by atoms with van der Waals surface area (Å²) in [5.74, 6) is 0.323. The van der Waals surface area contributed by atoms with Crippen LogP contribution in [0.1, 0.15) is 37.1 Å². The maximum Gasteiger partial charge on any atom is 0.230 e. The van der Waals surface area contributed by atoms with Gasteiger partial charge in [0.2, 0.25) is 11.8 Å². The number of fused-ring (bicyclic) bond motifs is 1. The molecule has 2 aliphatic heterocycles. The average Bonchev–Trinajstić information content (AvgIpc) is 3.48. The molecule has 0 saturated carbocycles. The van der Waals surface area contributed by atoms with Gasteiger partial charge in [-0.25, -0.2) is 4.39 Å². The second-order valence-electron chi connectivity index (χ2n) is 9.48. The molecule has 0 spiro atoms. The quantitative estimate of drug-likeness (QED) is 0.412. The van der Waals surface area contributed by atoms with Crippen molar-refractivity contribution in [2.24, 2.45) is 0 Å². The van der Waals surface area contributed by atoms with E-state index in [9.17, 15) is 14.0 Å². The van der Waals surface area contributed by atoms with Gasteiger partial charge in [0, 0.05) is 59.2 Å². The first kappa shape index (κ1) is 24.2. The molecule has 0 radical (unpaired) electrons. The van der Waals surface area contributed by atoms with Gasteiger partial charge in [-0.3, -0.25) is 24.4 Å². The zero-order chi connectivity index (χ0) is 24.9. The van der Waals surface area contributed by atoms with Crippen LogP contribution < -0.4 is 4.74 Å². The summed E-state index contributed by atoms with van der Waals surface area (Å²) >= 11 is 7.94. The van der Waals surface area contributed by atoms with E-state index < -0.39 is 12.3 Å². The number of benzene rings is 1. The van der Waals surface area contributed by atoms with Crippen molar-refractivity contribution < 1.29 is 18.7 Å². The number of aromatic nitrogens is 1. The van der Waals surface area contributed by atoms with E-state index in [2.05, 4.69) is 23.7 Å². The summed E-state index contributed by atoms with van der Waals surface area (Å²) in [4.78, 5) is 33.0. The van der Waals surface area contributed by atoms with Crippen molar-refractivity contribution in [1.29, 1.82) is 0 Å². The molecule has 2 atom stereocenters. The van der Waals surface area contributed by atoms with Gasteiger partial charge in [0.05, 0.1) is 16.8 Å². The predicted molar refractivity (Wildman–Crippen MR) is 136 cm³/mol. The zero-order valence-electron chi connectivity index (χ0n) is 19.9. The number of carbonyl (C=O) groups is 2. The number of hydrogen-bond donors (Lipinski definition) is 0. The summed E-state index contributed by atoms with van der Waals surface area (Å²) in [5.41, 5.74) is 3.25. The number of pyridine rings is 1. The SMILES string of the molecule is Cc1cc(Cl)cc(-c2ccnc3cc(CN4C(=O)CCC4=O)sc23)c1O[C@@H]1CN(C(C)C)C[C@@H]1F. The van der Waals surface area contributed by atoms with E-state index in [-0.39, 0.29) is 37.2 Å². The molecule has 2 amide bonds. The maximum absolute atomic E-state index is 14.9. The van der Waals surface area contributed by atoms with Crippen LogP contribution in [0.4, 0.5) is 4.39 Å². The minimum absolute atomic E-state index is 0.144. The highest BCUT2D eigenvalue weighted by atomic mass is 35.5. The third kappa shape index (κ3) is 4.67. The van der Waals surface area contributed by atoms with E-state index in [1.807, 2.05) is 31.2 Å². The molecule has 0 bridgehead atoms. The number of carbonyl (C=O) groups excluding carboxylic acids is 2. The highest BCUT2D eigenvalue weighted by Crippen LogP contribution is 2.42. The Morgan fingerprint density at radius 2 is 1.91 bits per heavy atom. The minimum atomic E-state index is -1.08. The van der Waals surface area contributed by atoms with E-state index >= 15 is 0 Å². The molecule has 2 fully saturated rings. The number of amides is 2. The topological polar surface area (TPSA) is 62.7 Å². The lowest BCUT2D eigenvalue weighted by Crippen LogP contribution is -2.31. The molecule has 2 aliphatic rings. The van der Waals surface area contributed by atoms with E-state index in [1.165, 1.54) is 16.2 Å². The number of ether oxygens (including phenoxy) is 1. The fourth-order valence-corrected chi connectivity index (χ4v) is 6.17. The third-order valence-electron chi connectivity index (χ3n) is 6.69. The smallest absolute Gasteiger partial charge is 0.230 e. The van der Waals surface area contributed by atoms with Gasteiger partial charge in [-0.1, -0.05) is 11.6 Å². The van der Waals surface area contributed by atoms with Gasteiger partial charge in [-0.05, 0) is 50.6 Å². The van der Waals surface area contributed by atoms with Crippen LogP contribution in [0.2, 0.25) is 5.02 Å². The molecule has 4 heterocycles. The summed E-state index contributed by atoms with van der Waals surface area (Å²) in [5, 5.41) is 0.562. The van der Waals surface area contributed by atoms with Gasteiger partial charge < -0.3 is 4.74 Å². The first-order valence-electron chi connectivity index (χ1n) is 11.8. The van der Waals surface area contributed by atoms with E-state index in [0.717, 1.165) is 31.8 Å². The summed E-state index contributed by atoms with van der Waals surface area (Å²) in [6, 6.07) is 7.72. The molecular weight excluding hydrogens is 489 g/mol. The van der Waals surface area contributed by atoms with Crippen LogP contribution in [0.15, 0.2) is 30.5 Å². The Bertz CT molecular complexity index is 1290. The molecule has 9 heteroatoms. The first-order valence-corrected chi connectivity index (χ1v) is 13.0. The number of alkyl halides is 1. The van der Waals surface area contributed by atoms with Gasteiger partial charge in [0.25, 0.3) is 0 Å². The van der Waals surface area contributed by atoms with E-state index in [0.29, 0.717) is 23.9 Å². The van der Waals surface area contributed by atoms with Gasteiger partial charge in [-0.2, -0.15) is 0 Å². The fourth-order valence-electron chi connectivity index (χ4n) is 4.76. The molecule has 2 saturated heterocycles. The monoisotopic (exact) mass is 515 g/mol. The van der Waals surface area contributed by atoms with E-state index in [1.54, 1.807) is 6.20 Å². The summed E-state index contributed by atoms with van der Waals surface area (Å²) in [7, 11) is 0. The van der Waals surface area contributed by atoms with Crippen molar-refractivity contribution in [2.45, 2.75) is 58.5 Å². The second kappa shape index (κ2) is 9.48. The van der Waals surface area contributed by atoms with Crippen molar-refractivity contribution in [3.05, 3.63) is 45.9 Å². The largest absolute Gasteiger partial charge is 0.485 e. The van der Waals surface area contributed by atoms with Gasteiger partial charge in [-0.15, -0.1) is 11.3 Å². The molecule has 184 valence electrons. The summed E-state index contributed by atoms with van der Waals surface area (Å²) in [6.07, 6.45) is 0.594. The molecular formula is C26H27ClFN3O3S. The average molecular weight is 516 g/mol. The van der Waals surface area contributed by atoms with Crippen LogP contribution in [-0.2, 0) is 16.1 Å². The number of hydrogen-bond acceptors (Lipinski definition) is 6. The Labute approximate surface area is 212 Å². The van der Waals surface area contributed by atoms with Gasteiger partial charge >= 0.3 is 0 Å². The van der Waals surface area contributed by atoms with Crippen molar-refractivity contribution in [1.82, 2.24) is 14.8 Å². The number of thiophene rings is 1. The fraction of sp³-hybridized carbons (Fsp3) is 0.423. The lowest BCUT2D eigenvalue weighted by Gasteiger charge is -2.22. The van der Waals surface area contributed by atoms with Crippen molar-refractivity contribution >= 4 is 45.0 Å². The summed E-state index contributed by atoms with van der Waals surface area (Å²) < 4.78 is 22.1. The van der Waals surface area contributed by atoms with Gasteiger partial charge in [0.15, 0.2) is 6.17 Å². The molecule has 35 heavy (non-hydrogen) atoms. The van der Waals surface area contributed by atoms with Crippen LogP contribution in [0.25, 0.3) is 21.3 Å². The van der Waals surface area contributed by atoms with Gasteiger partial charge in [0.1, 0.15) is 11.9 Å². The number of halogens is 2. The third-order valence-corrected chi connectivity index (χ3v) is 8.05. The number of imide groups is 1. The Hall–Kier alpha value is -2.55. The standard InChI is InChI=1S/C26H27ClFN3O3S/c1-14(2)30-12-20(28)22(13-30)34-25-15(3)8-16(27)9-19(25)18-6-7-29-21-10-17(35-26(18)21)11-31-23(32)4-5-24(31)33/h6-10,14,20,22H,4-5,11-13H2,1-3H3/t20-,22+/m0/s1. The van der Waals surface area contributed by atoms with Crippen LogP contribution in [0, 0.1) is 6.92 Å². The number of rotatable bonds is 6.